The summed E-state index contributed by atoms with van der Waals surface area (Å²) in [5.74, 6) is 0.910. The van der Waals surface area contributed by atoms with Crippen LogP contribution in [0.1, 0.15) is 47.8 Å². The van der Waals surface area contributed by atoms with E-state index >= 15 is 0 Å². The summed E-state index contributed by atoms with van der Waals surface area (Å²) in [6.07, 6.45) is 7.53. The zero-order valence-electron chi connectivity index (χ0n) is 19.3. The van der Waals surface area contributed by atoms with Crippen molar-refractivity contribution >= 4 is 5.91 Å². The predicted octanol–water partition coefficient (Wildman–Crippen LogP) is 3.07. The lowest BCUT2D eigenvalue weighted by Gasteiger charge is -2.44. The molecule has 8 heteroatoms. The van der Waals surface area contributed by atoms with E-state index in [1.807, 2.05) is 30.4 Å². The number of benzene rings is 1. The molecule has 2 fully saturated rings. The largest absolute Gasteiger partial charge is 0.482 e. The molecular weight excluding hydrogens is 416 g/mol. The van der Waals surface area contributed by atoms with Gasteiger partial charge in [0, 0.05) is 50.3 Å². The number of nitrogens with zero attached hydrogens (tertiary/aromatic N) is 6. The van der Waals surface area contributed by atoms with E-state index in [1.54, 1.807) is 10.7 Å². The summed E-state index contributed by atoms with van der Waals surface area (Å²) in [7, 11) is 4.02. The average molecular weight is 447 g/mol. The Morgan fingerprint density at radius 3 is 2.55 bits per heavy atom. The van der Waals surface area contributed by atoms with Gasteiger partial charge in [-0.2, -0.15) is 10.2 Å². The van der Waals surface area contributed by atoms with E-state index in [2.05, 4.69) is 39.9 Å². The molecule has 6 rings (SSSR count). The summed E-state index contributed by atoms with van der Waals surface area (Å²) < 4.78 is 10.7. The van der Waals surface area contributed by atoms with Gasteiger partial charge in [0.1, 0.15) is 17.0 Å². The number of likely N-dealkylation sites (tertiary alicyclic amines) is 2. The van der Waals surface area contributed by atoms with Crippen LogP contribution in [0.5, 0.6) is 5.75 Å². The summed E-state index contributed by atoms with van der Waals surface area (Å²) in [4.78, 5) is 17.2. The molecule has 3 aliphatic heterocycles. The minimum absolute atomic E-state index is 0.0103. The van der Waals surface area contributed by atoms with Gasteiger partial charge in [-0.3, -0.25) is 14.2 Å². The van der Waals surface area contributed by atoms with Crippen molar-refractivity contribution in [3.8, 4) is 17.0 Å². The maximum Gasteiger partial charge on any atom is 0.274 e. The fourth-order valence-corrected chi connectivity index (χ4v) is 5.63. The molecule has 33 heavy (non-hydrogen) atoms. The van der Waals surface area contributed by atoms with Gasteiger partial charge in [0.25, 0.3) is 5.91 Å². The third kappa shape index (κ3) is 3.35. The van der Waals surface area contributed by atoms with Gasteiger partial charge >= 0.3 is 0 Å². The first kappa shape index (κ1) is 20.5. The van der Waals surface area contributed by atoms with Crippen LogP contribution >= 0.6 is 0 Å². The second-order valence-corrected chi connectivity index (χ2v) is 9.65. The molecule has 3 aromatic rings. The first-order valence-electron chi connectivity index (χ1n) is 11.9. The highest BCUT2D eigenvalue weighted by atomic mass is 16.5. The maximum atomic E-state index is 13.0. The summed E-state index contributed by atoms with van der Waals surface area (Å²) in [6, 6.07) is 10.5. The second kappa shape index (κ2) is 7.73. The number of rotatable bonds is 2. The molecule has 2 saturated heterocycles. The van der Waals surface area contributed by atoms with Crippen LogP contribution in [0.25, 0.3) is 11.3 Å². The third-order valence-corrected chi connectivity index (χ3v) is 7.56. The summed E-state index contributed by atoms with van der Waals surface area (Å²) >= 11 is 0. The number of ether oxygens (including phenoxy) is 1. The second-order valence-electron chi connectivity index (χ2n) is 9.65. The van der Waals surface area contributed by atoms with E-state index in [0.717, 1.165) is 50.1 Å². The quantitative estimate of drug-likeness (QED) is 0.605. The van der Waals surface area contributed by atoms with Gasteiger partial charge < -0.3 is 14.5 Å². The number of para-hydroxylation sites is 1. The smallest absolute Gasteiger partial charge is 0.274 e. The molecule has 2 aromatic heterocycles. The monoisotopic (exact) mass is 446 g/mol. The zero-order chi connectivity index (χ0) is 22.6. The molecule has 0 unspecified atom stereocenters. The van der Waals surface area contributed by atoms with Crippen molar-refractivity contribution in [2.75, 3.05) is 33.2 Å². The van der Waals surface area contributed by atoms with Crippen molar-refractivity contribution in [2.45, 2.75) is 37.3 Å². The molecule has 3 aliphatic rings. The van der Waals surface area contributed by atoms with E-state index < -0.39 is 5.60 Å². The molecule has 0 bridgehead atoms. The topological polar surface area (TPSA) is 68.4 Å². The minimum Gasteiger partial charge on any atom is -0.482 e. The molecule has 0 aliphatic carbocycles. The Kier molecular flexibility index (Phi) is 4.79. The number of carbonyl (C=O) groups excluding carboxylic acids is 1. The Bertz CT molecular complexity index is 1180. The highest BCUT2D eigenvalue weighted by Gasteiger charge is 2.46. The number of hydrogen-bond acceptors (Lipinski definition) is 5. The molecule has 0 N–H and O–H groups in total. The first-order valence-corrected chi connectivity index (χ1v) is 11.9. The zero-order valence-corrected chi connectivity index (χ0v) is 19.3. The summed E-state index contributed by atoms with van der Waals surface area (Å²) in [6.45, 7) is 3.45. The number of amides is 1. The van der Waals surface area contributed by atoms with Crippen molar-refractivity contribution in [3.05, 3.63) is 54.0 Å². The van der Waals surface area contributed by atoms with Gasteiger partial charge in [0.05, 0.1) is 17.9 Å². The molecule has 0 atom stereocenters. The Balaban J connectivity index is 1.32. The van der Waals surface area contributed by atoms with Crippen LogP contribution in [-0.4, -0.2) is 68.5 Å². The van der Waals surface area contributed by atoms with Crippen molar-refractivity contribution in [1.82, 2.24) is 29.4 Å². The summed E-state index contributed by atoms with van der Waals surface area (Å²) in [5.41, 5.74) is 3.55. The average Bonchev–Trinajstić information content (AvgIpc) is 3.47. The molecule has 0 saturated carbocycles. The molecule has 5 heterocycles. The number of hydrogen-bond donors (Lipinski definition) is 0. The van der Waals surface area contributed by atoms with E-state index in [9.17, 15) is 4.79 Å². The summed E-state index contributed by atoms with van der Waals surface area (Å²) in [5, 5.41) is 9.22. The van der Waals surface area contributed by atoms with Crippen molar-refractivity contribution in [3.63, 3.8) is 0 Å². The Hall–Kier alpha value is -3.13. The van der Waals surface area contributed by atoms with E-state index in [4.69, 9.17) is 9.84 Å². The lowest BCUT2D eigenvalue weighted by atomic mass is 9.80. The lowest BCUT2D eigenvalue weighted by molar-refractivity contribution is -0.00202. The highest BCUT2D eigenvalue weighted by molar-refractivity contribution is 5.92. The number of piperidine rings is 2. The van der Waals surface area contributed by atoms with Gasteiger partial charge in [-0.15, -0.1) is 0 Å². The predicted molar refractivity (Wildman–Crippen MR) is 124 cm³/mol. The fraction of sp³-hybridized carbons (Fsp3) is 0.480. The Labute approximate surface area is 193 Å². The molecular formula is C25H30N6O2. The fourth-order valence-electron chi connectivity index (χ4n) is 5.63. The van der Waals surface area contributed by atoms with Crippen LogP contribution in [0.3, 0.4) is 0 Å². The van der Waals surface area contributed by atoms with Crippen LogP contribution in [0.4, 0.5) is 0 Å². The van der Waals surface area contributed by atoms with Crippen LogP contribution in [-0.2, 0) is 12.6 Å². The number of carbonyl (C=O) groups is 1. The first-order chi connectivity index (χ1) is 16.0. The molecule has 0 radical (unpaired) electrons. The molecule has 1 aromatic carbocycles. The van der Waals surface area contributed by atoms with Gasteiger partial charge in [0.15, 0.2) is 0 Å². The lowest BCUT2D eigenvalue weighted by Crippen LogP contribution is -2.49. The third-order valence-electron chi connectivity index (χ3n) is 7.56. The molecule has 8 nitrogen and oxygen atoms in total. The van der Waals surface area contributed by atoms with Crippen LogP contribution in [0.2, 0.25) is 0 Å². The standard InChI is InChI=1S/C25H30N6O2/c1-28-12-7-18(8-13-28)31-23-19-5-3-4-6-22(19)33-25(20(23)17-26-31)10-15-30(16-11-25)24(32)21-9-14-29(2)27-21/h3-6,9,14,17-18H,7-8,10-13,15-16H2,1-2H3. The number of aryl methyl sites for hydroxylation is 1. The molecule has 172 valence electrons. The van der Waals surface area contributed by atoms with Crippen molar-refractivity contribution < 1.29 is 9.53 Å². The maximum absolute atomic E-state index is 13.0. The van der Waals surface area contributed by atoms with Gasteiger partial charge in [0.2, 0.25) is 0 Å². The van der Waals surface area contributed by atoms with Gasteiger partial charge in [-0.05, 0) is 51.2 Å². The van der Waals surface area contributed by atoms with E-state index in [1.165, 1.54) is 11.3 Å². The SMILES string of the molecule is CN1CCC(n2ncc3c2-c2ccccc2OC32CCN(C(=O)c3ccn(C)n3)CC2)CC1. The Morgan fingerprint density at radius 1 is 1.06 bits per heavy atom. The number of fused-ring (bicyclic) bond motifs is 4. The van der Waals surface area contributed by atoms with Gasteiger partial charge in [-0.25, -0.2) is 0 Å². The van der Waals surface area contributed by atoms with Crippen molar-refractivity contribution in [2.24, 2.45) is 7.05 Å². The number of aromatic nitrogens is 4. The minimum atomic E-state index is -0.450. The van der Waals surface area contributed by atoms with Crippen LogP contribution in [0, 0.1) is 0 Å². The molecule has 1 spiro atoms. The van der Waals surface area contributed by atoms with E-state index in [-0.39, 0.29) is 5.91 Å². The van der Waals surface area contributed by atoms with Crippen LogP contribution in [0.15, 0.2) is 42.7 Å². The van der Waals surface area contributed by atoms with Crippen molar-refractivity contribution in [1.29, 1.82) is 0 Å². The van der Waals surface area contributed by atoms with E-state index in [0.29, 0.717) is 24.8 Å². The normalized spacial score (nSPS) is 20.4. The van der Waals surface area contributed by atoms with Gasteiger partial charge in [-0.1, -0.05) is 12.1 Å². The Morgan fingerprint density at radius 2 is 1.82 bits per heavy atom. The highest BCUT2D eigenvalue weighted by Crippen LogP contribution is 2.50. The molecule has 1 amide bonds. The van der Waals surface area contributed by atoms with Crippen LogP contribution < -0.4 is 4.74 Å².